The number of rotatable bonds is 13. The first-order valence-corrected chi connectivity index (χ1v) is 18.0. The number of benzene rings is 5. The molecule has 6 aromatic rings. The molecule has 1 unspecified atom stereocenters. The number of hydrogen-bond acceptors (Lipinski definition) is 7. The van der Waals surface area contributed by atoms with Crippen molar-refractivity contribution in [1.29, 1.82) is 0 Å². The highest BCUT2D eigenvalue weighted by atomic mass is 32.2. The zero-order valence-corrected chi connectivity index (χ0v) is 29.5. The van der Waals surface area contributed by atoms with Gasteiger partial charge in [-0.15, -0.1) is 23.1 Å². The molecule has 0 saturated carbocycles. The van der Waals surface area contributed by atoms with Gasteiger partial charge in [0, 0.05) is 27.1 Å². The summed E-state index contributed by atoms with van der Waals surface area (Å²) in [6, 6.07) is 38.8. The minimum atomic E-state index is -0.526. The smallest absolute Gasteiger partial charge is 0.272 e. The van der Waals surface area contributed by atoms with Crippen LogP contribution in [0, 0.1) is 5.82 Å². The minimum Gasteiger partial charge on any atom is -0.489 e. The van der Waals surface area contributed by atoms with Gasteiger partial charge in [0.15, 0.2) is 5.13 Å². The Morgan fingerprint density at radius 2 is 1.56 bits per heavy atom. The van der Waals surface area contributed by atoms with Crippen LogP contribution in [0.15, 0.2) is 149 Å². The predicted octanol–water partition coefficient (Wildman–Crippen LogP) is 9.06. The van der Waals surface area contributed by atoms with E-state index in [0.29, 0.717) is 40.0 Å². The number of thioether (sulfide) groups is 1. The molecule has 0 spiro atoms. The second-order valence-electron chi connectivity index (χ2n) is 11.5. The van der Waals surface area contributed by atoms with E-state index in [9.17, 15) is 18.8 Å². The fraction of sp³-hybridized carbons (Fsp3) is 0.0732. The summed E-state index contributed by atoms with van der Waals surface area (Å²) in [6.07, 6.45) is 1.60. The highest BCUT2D eigenvalue weighted by Gasteiger charge is 2.19. The van der Waals surface area contributed by atoms with E-state index in [1.54, 1.807) is 97.2 Å². The number of halogens is 1. The number of aromatic nitrogens is 1. The first kappa shape index (κ1) is 35.8. The highest BCUT2D eigenvalue weighted by molar-refractivity contribution is 8.00. The molecule has 1 atom stereocenters. The van der Waals surface area contributed by atoms with Gasteiger partial charge in [0.05, 0.1) is 10.9 Å². The molecule has 0 aliphatic carbocycles. The first-order valence-electron chi connectivity index (χ1n) is 16.2. The van der Waals surface area contributed by atoms with Crippen LogP contribution in [-0.2, 0) is 16.2 Å². The third-order valence-electron chi connectivity index (χ3n) is 7.62. The van der Waals surface area contributed by atoms with Crippen LogP contribution in [0.4, 0.5) is 15.2 Å². The van der Waals surface area contributed by atoms with E-state index < -0.39 is 17.1 Å². The van der Waals surface area contributed by atoms with Crippen molar-refractivity contribution in [1.82, 2.24) is 10.3 Å². The summed E-state index contributed by atoms with van der Waals surface area (Å²) in [6.45, 7) is 2.20. The maximum absolute atomic E-state index is 13.7. The van der Waals surface area contributed by atoms with Gasteiger partial charge in [0.2, 0.25) is 5.91 Å². The summed E-state index contributed by atoms with van der Waals surface area (Å²) in [5, 5.41) is 10.2. The average molecular weight is 729 g/mol. The van der Waals surface area contributed by atoms with Gasteiger partial charge in [0.1, 0.15) is 23.9 Å². The summed E-state index contributed by atoms with van der Waals surface area (Å²) >= 11 is 2.60. The van der Waals surface area contributed by atoms with E-state index in [2.05, 4.69) is 20.9 Å². The topological polar surface area (TPSA) is 109 Å². The Labute approximate surface area is 308 Å². The third kappa shape index (κ3) is 10.0. The van der Waals surface area contributed by atoms with Crippen LogP contribution in [0.2, 0.25) is 0 Å². The first-order chi connectivity index (χ1) is 25.3. The minimum absolute atomic E-state index is 0.0427. The molecule has 8 nitrogen and oxygen atoms in total. The zero-order valence-electron chi connectivity index (χ0n) is 27.9. The summed E-state index contributed by atoms with van der Waals surface area (Å²) in [7, 11) is 0. The van der Waals surface area contributed by atoms with Crippen molar-refractivity contribution in [3.05, 3.63) is 167 Å². The summed E-state index contributed by atoms with van der Waals surface area (Å²) in [5.41, 5.74) is 4.04. The third-order valence-corrected chi connectivity index (χ3v) is 9.47. The number of hydrogen-bond donors (Lipinski definition) is 3. The molecule has 0 aliphatic rings. The molecule has 11 heteroatoms. The lowest BCUT2D eigenvalue weighted by Crippen LogP contribution is -2.30. The van der Waals surface area contributed by atoms with Crippen molar-refractivity contribution in [3.8, 4) is 17.0 Å². The Morgan fingerprint density at radius 3 is 2.29 bits per heavy atom. The Bertz CT molecular complexity index is 2170. The maximum Gasteiger partial charge on any atom is 0.272 e. The number of thiazole rings is 1. The standard InChI is InChI=1S/C41H33FN4O4S2/c1-27(38(47)46-41-45-37(26-51-41)30-17-19-32(42)20-18-30)52-35-14-8-13-33(24-35)43-40(49)36(44-39(48)31-11-6-3-7-12-31)23-28-15-21-34(22-16-28)50-25-29-9-4-2-5-10-29/h2-24,26-27H,25H2,1H3,(H,43,49)(H,44,48)(H,45,46,47)/b36-23-. The lowest BCUT2D eigenvalue weighted by Gasteiger charge is -2.14. The van der Waals surface area contributed by atoms with Crippen LogP contribution in [0.5, 0.6) is 5.75 Å². The highest BCUT2D eigenvalue weighted by Crippen LogP contribution is 2.29. The number of ether oxygens (including phenoxy) is 1. The molecule has 260 valence electrons. The summed E-state index contributed by atoms with van der Waals surface area (Å²) in [4.78, 5) is 45.0. The van der Waals surface area contributed by atoms with Crippen LogP contribution < -0.4 is 20.7 Å². The van der Waals surface area contributed by atoms with Crippen LogP contribution >= 0.6 is 23.1 Å². The lowest BCUT2D eigenvalue weighted by atomic mass is 10.1. The van der Waals surface area contributed by atoms with Gasteiger partial charge in [-0.2, -0.15) is 0 Å². The Morgan fingerprint density at radius 1 is 0.846 bits per heavy atom. The predicted molar refractivity (Wildman–Crippen MR) is 206 cm³/mol. The van der Waals surface area contributed by atoms with Crippen LogP contribution in [-0.4, -0.2) is 28.0 Å². The van der Waals surface area contributed by atoms with Gasteiger partial charge < -0.3 is 20.7 Å². The number of anilines is 2. The van der Waals surface area contributed by atoms with Crippen molar-refractivity contribution in [2.45, 2.75) is 23.7 Å². The molecule has 6 rings (SSSR count). The fourth-order valence-electron chi connectivity index (χ4n) is 4.90. The Hall–Kier alpha value is -6.04. The van der Waals surface area contributed by atoms with Gasteiger partial charge in [0.25, 0.3) is 11.8 Å². The van der Waals surface area contributed by atoms with E-state index in [1.807, 2.05) is 42.5 Å². The number of nitrogens with zero attached hydrogens (tertiary/aromatic N) is 1. The molecular formula is C41H33FN4O4S2. The zero-order chi connectivity index (χ0) is 36.3. The van der Waals surface area contributed by atoms with Crippen molar-refractivity contribution in [3.63, 3.8) is 0 Å². The molecule has 0 bridgehead atoms. The molecule has 1 aromatic heterocycles. The monoisotopic (exact) mass is 728 g/mol. The number of amides is 3. The molecule has 0 aliphatic heterocycles. The number of nitrogens with one attached hydrogen (secondary N) is 3. The second kappa shape index (κ2) is 17.3. The molecule has 3 N–H and O–H groups in total. The van der Waals surface area contributed by atoms with Crippen molar-refractivity contribution in [2.24, 2.45) is 0 Å². The quantitative estimate of drug-likeness (QED) is 0.0809. The van der Waals surface area contributed by atoms with Crippen LogP contribution in [0.1, 0.15) is 28.4 Å². The maximum atomic E-state index is 13.7. The van der Waals surface area contributed by atoms with Gasteiger partial charge in [-0.1, -0.05) is 66.7 Å². The van der Waals surface area contributed by atoms with E-state index >= 15 is 0 Å². The largest absolute Gasteiger partial charge is 0.489 e. The van der Waals surface area contributed by atoms with Gasteiger partial charge in [-0.3, -0.25) is 14.4 Å². The number of carbonyl (C=O) groups is 3. The molecule has 5 aromatic carbocycles. The van der Waals surface area contributed by atoms with E-state index in [4.69, 9.17) is 4.74 Å². The molecule has 0 fully saturated rings. The van der Waals surface area contributed by atoms with Crippen LogP contribution in [0.3, 0.4) is 0 Å². The Kier molecular flexibility index (Phi) is 11.9. The molecule has 0 saturated heterocycles. The van der Waals surface area contributed by atoms with Crippen molar-refractivity contribution in [2.75, 3.05) is 10.6 Å². The summed E-state index contributed by atoms with van der Waals surface area (Å²) in [5.74, 6) is -0.870. The van der Waals surface area contributed by atoms with E-state index in [0.717, 1.165) is 16.0 Å². The average Bonchev–Trinajstić information content (AvgIpc) is 3.63. The molecular weight excluding hydrogens is 696 g/mol. The Balaban J connectivity index is 1.11. The SMILES string of the molecule is CC(Sc1cccc(NC(=O)/C(=C/c2ccc(OCc3ccccc3)cc2)NC(=O)c2ccccc2)c1)C(=O)Nc1nc(-c2ccc(F)cc2)cs1. The van der Waals surface area contributed by atoms with Gasteiger partial charge >= 0.3 is 0 Å². The molecule has 3 amide bonds. The molecule has 1 heterocycles. The van der Waals surface area contributed by atoms with E-state index in [-0.39, 0.29) is 17.4 Å². The van der Waals surface area contributed by atoms with Gasteiger partial charge in [-0.25, -0.2) is 9.37 Å². The lowest BCUT2D eigenvalue weighted by molar-refractivity contribution is -0.115. The second-order valence-corrected chi connectivity index (χ2v) is 13.8. The molecule has 0 radical (unpaired) electrons. The molecule has 52 heavy (non-hydrogen) atoms. The summed E-state index contributed by atoms with van der Waals surface area (Å²) < 4.78 is 19.2. The fourth-order valence-corrected chi connectivity index (χ4v) is 6.55. The van der Waals surface area contributed by atoms with Crippen molar-refractivity contribution >= 4 is 57.7 Å². The van der Waals surface area contributed by atoms with Crippen LogP contribution in [0.25, 0.3) is 17.3 Å². The normalized spacial score (nSPS) is 11.7. The number of carbonyl (C=O) groups excluding carboxylic acids is 3. The van der Waals surface area contributed by atoms with E-state index in [1.165, 1.54) is 35.2 Å². The van der Waals surface area contributed by atoms with Crippen molar-refractivity contribution < 1.29 is 23.5 Å². The van der Waals surface area contributed by atoms with Gasteiger partial charge in [-0.05, 0) is 90.9 Å².